The monoisotopic (exact) mass is 291 g/mol. The van der Waals surface area contributed by atoms with Gasteiger partial charge >= 0.3 is 0 Å². The number of nitrogens with two attached hydrogens (primary N) is 1. The van der Waals surface area contributed by atoms with Gasteiger partial charge in [0.05, 0.1) is 12.7 Å². The summed E-state index contributed by atoms with van der Waals surface area (Å²) in [5, 5.41) is 0.636. The second kappa shape index (κ2) is 5.02. The van der Waals surface area contributed by atoms with E-state index in [0.717, 1.165) is 24.2 Å². The Morgan fingerprint density at radius 2 is 2.33 bits per heavy atom. The predicted octanol–water partition coefficient (Wildman–Crippen LogP) is 0.744. The van der Waals surface area contributed by atoms with E-state index in [-0.39, 0.29) is 16.8 Å². The smallest absolute Gasteiger partial charge is 0.182 e. The molecule has 8 heteroatoms. The first-order chi connectivity index (χ1) is 8.43. The standard InChI is InChI=1S/C10H17N3O3S2/c1-3-7-6-13(4-5-16-7)10-8(18(2,14)15)9(11)12-17-10/h7H,3-6H2,1-2H3,(H2,11,12). The lowest BCUT2D eigenvalue weighted by molar-refractivity contribution is 0.0385. The minimum absolute atomic E-state index is 0.0945. The molecule has 1 aliphatic rings. The molecule has 0 spiro atoms. The highest BCUT2D eigenvalue weighted by molar-refractivity contribution is 7.91. The van der Waals surface area contributed by atoms with Crippen molar-refractivity contribution < 1.29 is 13.2 Å². The van der Waals surface area contributed by atoms with E-state index in [4.69, 9.17) is 10.5 Å². The van der Waals surface area contributed by atoms with Gasteiger partial charge in [-0.2, -0.15) is 4.37 Å². The van der Waals surface area contributed by atoms with Crippen molar-refractivity contribution in [3.05, 3.63) is 0 Å². The molecule has 102 valence electrons. The molecule has 1 aliphatic heterocycles. The highest BCUT2D eigenvalue weighted by Gasteiger charge is 2.28. The molecule has 1 aromatic heterocycles. The number of hydrogen-bond donors (Lipinski definition) is 1. The number of anilines is 2. The average Bonchev–Trinajstić information content (AvgIpc) is 2.71. The van der Waals surface area contributed by atoms with Crippen LogP contribution < -0.4 is 10.6 Å². The van der Waals surface area contributed by atoms with E-state index in [9.17, 15) is 8.42 Å². The Morgan fingerprint density at radius 1 is 1.61 bits per heavy atom. The fourth-order valence-electron chi connectivity index (χ4n) is 1.99. The Hall–Kier alpha value is -0.860. The molecular formula is C10H17N3O3S2. The average molecular weight is 291 g/mol. The van der Waals surface area contributed by atoms with E-state index in [1.165, 1.54) is 0 Å². The molecule has 18 heavy (non-hydrogen) atoms. The molecule has 1 aromatic rings. The Morgan fingerprint density at radius 3 is 2.94 bits per heavy atom. The van der Waals surface area contributed by atoms with Gasteiger partial charge in [-0.25, -0.2) is 8.42 Å². The predicted molar refractivity (Wildman–Crippen MR) is 71.9 cm³/mol. The molecule has 0 bridgehead atoms. The van der Waals surface area contributed by atoms with Crippen LogP contribution in [-0.2, 0) is 14.6 Å². The molecule has 0 saturated carbocycles. The fourth-order valence-corrected chi connectivity index (χ4v) is 4.23. The summed E-state index contributed by atoms with van der Waals surface area (Å²) in [5.74, 6) is 0.0945. The molecular weight excluding hydrogens is 274 g/mol. The minimum Gasteiger partial charge on any atom is -0.382 e. The van der Waals surface area contributed by atoms with Crippen molar-refractivity contribution in [2.24, 2.45) is 0 Å². The van der Waals surface area contributed by atoms with Gasteiger partial charge in [-0.05, 0) is 18.0 Å². The topological polar surface area (TPSA) is 85.5 Å². The number of ether oxygens (including phenoxy) is 1. The van der Waals surface area contributed by atoms with Crippen LogP contribution in [0.15, 0.2) is 4.90 Å². The van der Waals surface area contributed by atoms with E-state index < -0.39 is 9.84 Å². The van der Waals surface area contributed by atoms with Crippen LogP contribution in [0.25, 0.3) is 0 Å². The normalized spacial score (nSPS) is 21.2. The van der Waals surface area contributed by atoms with E-state index >= 15 is 0 Å². The Balaban J connectivity index is 2.34. The van der Waals surface area contributed by atoms with Crippen LogP contribution in [0, 0.1) is 0 Å². The number of sulfone groups is 1. The lowest BCUT2D eigenvalue weighted by Gasteiger charge is -2.33. The third-order valence-corrected chi connectivity index (χ3v) is 5.11. The van der Waals surface area contributed by atoms with E-state index in [1.54, 1.807) is 0 Å². The Labute approximate surface area is 111 Å². The molecule has 2 N–H and O–H groups in total. The van der Waals surface area contributed by atoms with E-state index in [1.807, 2.05) is 11.8 Å². The van der Waals surface area contributed by atoms with Gasteiger partial charge < -0.3 is 15.4 Å². The summed E-state index contributed by atoms with van der Waals surface area (Å²) in [5.41, 5.74) is 5.66. The molecule has 0 radical (unpaired) electrons. The van der Waals surface area contributed by atoms with Crippen LogP contribution in [0.4, 0.5) is 10.8 Å². The molecule has 0 amide bonds. The zero-order valence-corrected chi connectivity index (χ0v) is 12.1. The van der Waals surface area contributed by atoms with Crippen LogP contribution in [0.3, 0.4) is 0 Å². The lowest BCUT2D eigenvalue weighted by atomic mass is 10.2. The molecule has 1 atom stereocenters. The molecule has 6 nitrogen and oxygen atoms in total. The van der Waals surface area contributed by atoms with E-state index in [0.29, 0.717) is 24.7 Å². The van der Waals surface area contributed by atoms with Crippen molar-refractivity contribution in [3.8, 4) is 0 Å². The number of hydrogen-bond acceptors (Lipinski definition) is 7. The summed E-state index contributed by atoms with van der Waals surface area (Å²) >= 11 is 1.14. The van der Waals surface area contributed by atoms with Gasteiger partial charge in [-0.15, -0.1) is 0 Å². The first-order valence-electron chi connectivity index (χ1n) is 5.75. The van der Waals surface area contributed by atoms with Crippen LogP contribution in [-0.4, -0.2) is 44.8 Å². The SMILES string of the molecule is CCC1CN(c2snc(N)c2S(C)(=O)=O)CCO1. The number of rotatable bonds is 3. The van der Waals surface area contributed by atoms with Crippen molar-refractivity contribution >= 4 is 32.2 Å². The molecule has 1 saturated heterocycles. The van der Waals surface area contributed by atoms with Crippen molar-refractivity contribution in [2.45, 2.75) is 24.3 Å². The summed E-state index contributed by atoms with van der Waals surface area (Å²) in [6.45, 7) is 3.99. The lowest BCUT2D eigenvalue weighted by Crippen LogP contribution is -2.42. The van der Waals surface area contributed by atoms with Gasteiger partial charge in [0.1, 0.15) is 9.90 Å². The zero-order chi connectivity index (χ0) is 13.3. The highest BCUT2D eigenvalue weighted by atomic mass is 32.2. The third-order valence-electron chi connectivity index (χ3n) is 2.91. The van der Waals surface area contributed by atoms with Crippen molar-refractivity contribution in [1.29, 1.82) is 0 Å². The van der Waals surface area contributed by atoms with Gasteiger partial charge in [0.15, 0.2) is 15.7 Å². The maximum atomic E-state index is 11.8. The van der Waals surface area contributed by atoms with Crippen molar-refractivity contribution in [3.63, 3.8) is 0 Å². The van der Waals surface area contributed by atoms with E-state index in [2.05, 4.69) is 4.37 Å². The van der Waals surface area contributed by atoms with Crippen LogP contribution in [0.2, 0.25) is 0 Å². The van der Waals surface area contributed by atoms with Crippen molar-refractivity contribution in [2.75, 3.05) is 36.6 Å². The van der Waals surface area contributed by atoms with Crippen LogP contribution >= 0.6 is 11.5 Å². The summed E-state index contributed by atoms with van der Waals surface area (Å²) in [6.07, 6.45) is 2.20. The molecule has 2 heterocycles. The van der Waals surface area contributed by atoms with Gasteiger partial charge in [-0.3, -0.25) is 0 Å². The van der Waals surface area contributed by atoms with Gasteiger partial charge in [-0.1, -0.05) is 6.92 Å². The quantitative estimate of drug-likeness (QED) is 0.884. The number of nitrogen functional groups attached to an aromatic ring is 1. The number of aromatic nitrogens is 1. The van der Waals surface area contributed by atoms with Gasteiger partial charge in [0.25, 0.3) is 0 Å². The maximum absolute atomic E-state index is 11.8. The fraction of sp³-hybridized carbons (Fsp3) is 0.700. The number of nitrogens with zero attached hydrogens (tertiary/aromatic N) is 2. The molecule has 1 unspecified atom stereocenters. The first-order valence-corrected chi connectivity index (χ1v) is 8.41. The summed E-state index contributed by atoms with van der Waals surface area (Å²) < 4.78 is 33.1. The van der Waals surface area contributed by atoms with Gasteiger partial charge in [0, 0.05) is 19.3 Å². The second-order valence-electron chi connectivity index (χ2n) is 4.32. The molecule has 2 rings (SSSR count). The molecule has 0 aromatic carbocycles. The Bertz CT molecular complexity index is 526. The third kappa shape index (κ3) is 2.60. The second-order valence-corrected chi connectivity index (χ2v) is 7.03. The minimum atomic E-state index is -3.35. The van der Waals surface area contributed by atoms with Gasteiger partial charge in [0.2, 0.25) is 0 Å². The molecule has 1 fully saturated rings. The first kappa shape index (κ1) is 13.6. The zero-order valence-electron chi connectivity index (χ0n) is 10.4. The maximum Gasteiger partial charge on any atom is 0.182 e. The highest BCUT2D eigenvalue weighted by Crippen LogP contribution is 2.35. The summed E-state index contributed by atoms with van der Waals surface area (Å²) in [6, 6.07) is 0. The van der Waals surface area contributed by atoms with Crippen LogP contribution in [0.5, 0.6) is 0 Å². The largest absolute Gasteiger partial charge is 0.382 e. The Kier molecular flexibility index (Phi) is 3.79. The van der Waals surface area contributed by atoms with Crippen molar-refractivity contribution in [1.82, 2.24) is 4.37 Å². The van der Waals surface area contributed by atoms with Crippen LogP contribution in [0.1, 0.15) is 13.3 Å². The summed E-state index contributed by atoms with van der Waals surface area (Å²) in [4.78, 5) is 2.16. The molecule has 0 aliphatic carbocycles. The summed E-state index contributed by atoms with van der Waals surface area (Å²) in [7, 11) is -3.35. The number of morpholine rings is 1.